The number of nitrogens with one attached hydrogen (secondary N) is 1. The molecule has 8 heteroatoms. The second kappa shape index (κ2) is 9.06. The van der Waals surface area contributed by atoms with Crippen molar-refractivity contribution in [1.29, 1.82) is 0 Å². The molecule has 164 valence electrons. The van der Waals surface area contributed by atoms with Gasteiger partial charge < -0.3 is 10.2 Å². The first-order valence-electron chi connectivity index (χ1n) is 11.2. The van der Waals surface area contributed by atoms with Crippen molar-refractivity contribution in [2.45, 2.75) is 62.7 Å². The van der Waals surface area contributed by atoms with Gasteiger partial charge in [-0.1, -0.05) is 12.8 Å². The first kappa shape index (κ1) is 21.3. The minimum absolute atomic E-state index is 0.0322. The number of fused-ring (bicyclic) bond motifs is 1. The zero-order valence-electron chi connectivity index (χ0n) is 17.4. The van der Waals surface area contributed by atoms with Crippen LogP contribution in [0.3, 0.4) is 0 Å². The van der Waals surface area contributed by atoms with E-state index in [0.29, 0.717) is 37.9 Å². The third-order valence-corrected chi connectivity index (χ3v) is 8.35. The van der Waals surface area contributed by atoms with E-state index in [1.54, 1.807) is 18.2 Å². The number of hydrogen-bond acceptors (Lipinski definition) is 4. The highest BCUT2D eigenvalue weighted by molar-refractivity contribution is 7.89. The third-order valence-electron chi connectivity index (χ3n) is 6.49. The Morgan fingerprint density at radius 2 is 1.73 bits per heavy atom. The molecule has 7 nitrogen and oxygen atoms in total. The van der Waals surface area contributed by atoms with Crippen molar-refractivity contribution in [3.05, 3.63) is 23.8 Å². The van der Waals surface area contributed by atoms with Gasteiger partial charge in [-0.15, -0.1) is 0 Å². The van der Waals surface area contributed by atoms with Crippen LogP contribution in [0.15, 0.2) is 23.1 Å². The molecular weight excluding hydrogens is 402 g/mol. The summed E-state index contributed by atoms with van der Waals surface area (Å²) in [6.07, 6.45) is 7.66. The van der Waals surface area contributed by atoms with Gasteiger partial charge in [-0.05, 0) is 62.3 Å². The van der Waals surface area contributed by atoms with Crippen LogP contribution < -0.4 is 5.32 Å². The molecule has 0 saturated carbocycles. The molecule has 4 rings (SSSR count). The molecule has 0 spiro atoms. The quantitative estimate of drug-likeness (QED) is 0.794. The first-order chi connectivity index (χ1) is 14.4. The molecular formula is C22H31N3O4S. The summed E-state index contributed by atoms with van der Waals surface area (Å²) in [7, 11) is -3.68. The Morgan fingerprint density at radius 3 is 2.50 bits per heavy atom. The molecule has 1 aromatic carbocycles. The highest BCUT2D eigenvalue weighted by Gasteiger charge is 2.35. The number of carbonyl (C=O) groups is 2. The van der Waals surface area contributed by atoms with E-state index in [0.717, 1.165) is 50.8 Å². The van der Waals surface area contributed by atoms with Crippen LogP contribution in [-0.2, 0) is 26.0 Å². The maximum Gasteiger partial charge on any atom is 0.243 e. The summed E-state index contributed by atoms with van der Waals surface area (Å²) < 4.78 is 28.2. The zero-order chi connectivity index (χ0) is 21.1. The number of hydrogen-bond donors (Lipinski definition) is 1. The summed E-state index contributed by atoms with van der Waals surface area (Å²) in [5.41, 5.74) is 1.56. The number of benzene rings is 1. The lowest BCUT2D eigenvalue weighted by molar-refractivity contribution is -0.136. The van der Waals surface area contributed by atoms with Gasteiger partial charge in [0.2, 0.25) is 21.8 Å². The van der Waals surface area contributed by atoms with Crippen molar-refractivity contribution >= 4 is 27.5 Å². The van der Waals surface area contributed by atoms with Gasteiger partial charge in [0.15, 0.2) is 0 Å². The summed E-state index contributed by atoms with van der Waals surface area (Å²) in [4.78, 5) is 27.0. The Labute approximate surface area is 178 Å². The molecule has 2 saturated heterocycles. The smallest absolute Gasteiger partial charge is 0.243 e. The summed E-state index contributed by atoms with van der Waals surface area (Å²) in [6, 6.07) is 4.95. The third kappa shape index (κ3) is 4.54. The predicted molar refractivity (Wildman–Crippen MR) is 115 cm³/mol. The van der Waals surface area contributed by atoms with Crippen LogP contribution in [0.2, 0.25) is 0 Å². The Morgan fingerprint density at radius 1 is 0.967 bits per heavy atom. The Hall–Kier alpha value is -1.93. The van der Waals surface area contributed by atoms with Crippen LogP contribution in [-0.4, -0.2) is 55.6 Å². The molecule has 3 aliphatic rings. The molecule has 1 aromatic rings. The lowest BCUT2D eigenvalue weighted by Crippen LogP contribution is -2.47. The Bertz CT molecular complexity index is 907. The molecule has 3 heterocycles. The van der Waals surface area contributed by atoms with Crippen LogP contribution >= 0.6 is 0 Å². The molecule has 0 aromatic heterocycles. The molecule has 2 amide bonds. The maximum absolute atomic E-state index is 13.3. The fourth-order valence-corrected chi connectivity index (χ4v) is 6.35. The Balaban J connectivity index is 1.50. The van der Waals surface area contributed by atoms with E-state index in [9.17, 15) is 18.0 Å². The first-order valence-corrected chi connectivity index (χ1v) is 12.6. The average Bonchev–Trinajstić information content (AvgIpc) is 3.13. The van der Waals surface area contributed by atoms with Gasteiger partial charge in [0.05, 0.1) is 10.8 Å². The fraction of sp³-hybridized carbons (Fsp3) is 0.636. The maximum atomic E-state index is 13.3. The molecule has 30 heavy (non-hydrogen) atoms. The van der Waals surface area contributed by atoms with Gasteiger partial charge >= 0.3 is 0 Å². The highest BCUT2D eigenvalue weighted by Crippen LogP contribution is 2.29. The number of nitrogens with zero attached hydrogens (tertiary/aromatic N) is 2. The molecule has 2 fully saturated rings. The summed E-state index contributed by atoms with van der Waals surface area (Å²) in [6.45, 7) is 2.28. The van der Waals surface area contributed by atoms with Gasteiger partial charge in [0, 0.05) is 38.3 Å². The number of aryl methyl sites for hydroxylation is 1. The molecule has 1 atom stereocenters. The lowest BCUT2D eigenvalue weighted by Gasteiger charge is -2.34. The van der Waals surface area contributed by atoms with Crippen LogP contribution in [0.25, 0.3) is 0 Å². The molecule has 1 unspecified atom stereocenters. The van der Waals surface area contributed by atoms with Gasteiger partial charge in [0.1, 0.15) is 0 Å². The van der Waals surface area contributed by atoms with Crippen LogP contribution in [0.4, 0.5) is 5.69 Å². The van der Waals surface area contributed by atoms with Gasteiger partial charge in [0.25, 0.3) is 0 Å². The largest absolute Gasteiger partial charge is 0.342 e. The topological polar surface area (TPSA) is 86.8 Å². The van der Waals surface area contributed by atoms with Crippen LogP contribution in [0.5, 0.6) is 0 Å². The second-order valence-electron chi connectivity index (χ2n) is 8.66. The van der Waals surface area contributed by atoms with Crippen molar-refractivity contribution in [1.82, 2.24) is 9.21 Å². The summed E-state index contributed by atoms with van der Waals surface area (Å²) in [5, 5.41) is 2.85. The Kier molecular flexibility index (Phi) is 6.43. The van der Waals surface area contributed by atoms with Crippen LogP contribution in [0.1, 0.15) is 56.9 Å². The molecule has 3 aliphatic heterocycles. The lowest BCUT2D eigenvalue weighted by atomic mass is 9.98. The van der Waals surface area contributed by atoms with E-state index in [4.69, 9.17) is 0 Å². The van der Waals surface area contributed by atoms with Crippen molar-refractivity contribution in [3.63, 3.8) is 0 Å². The number of rotatable bonds is 3. The van der Waals surface area contributed by atoms with Crippen molar-refractivity contribution in [3.8, 4) is 0 Å². The SMILES string of the molecule is O=C1CCCc2cc(S(=O)(=O)N3CCCC(C(=O)N4CCCCCC4)C3)ccc2N1. The molecule has 0 radical (unpaired) electrons. The van der Waals surface area contributed by atoms with Gasteiger partial charge in [-0.3, -0.25) is 9.59 Å². The number of amides is 2. The van der Waals surface area contributed by atoms with E-state index in [-0.39, 0.29) is 29.2 Å². The summed E-state index contributed by atoms with van der Waals surface area (Å²) in [5.74, 6) is -0.177. The predicted octanol–water partition coefficient (Wildman–Crippen LogP) is 2.76. The van der Waals surface area contributed by atoms with Gasteiger partial charge in [-0.2, -0.15) is 4.31 Å². The number of piperidine rings is 1. The number of anilines is 1. The van der Waals surface area contributed by atoms with E-state index >= 15 is 0 Å². The highest BCUT2D eigenvalue weighted by atomic mass is 32.2. The standard InChI is InChI=1S/C22H31N3O4S/c26-21-9-5-7-17-15-19(10-11-20(17)23-21)30(28,29)25-14-6-8-18(16-25)22(27)24-12-3-1-2-4-13-24/h10-11,15,18H,1-9,12-14,16H2,(H,23,26). The monoisotopic (exact) mass is 433 g/mol. The summed E-state index contributed by atoms with van der Waals surface area (Å²) >= 11 is 0. The van der Waals surface area contributed by atoms with Crippen molar-refractivity contribution < 1.29 is 18.0 Å². The normalized spacial score (nSPS) is 23.8. The molecule has 0 aliphatic carbocycles. The zero-order valence-corrected chi connectivity index (χ0v) is 18.3. The van der Waals surface area contributed by atoms with E-state index in [1.807, 2.05) is 4.90 Å². The minimum atomic E-state index is -3.68. The number of sulfonamides is 1. The minimum Gasteiger partial charge on any atom is -0.342 e. The van der Waals surface area contributed by atoms with Crippen LogP contribution in [0, 0.1) is 5.92 Å². The number of carbonyl (C=O) groups excluding carboxylic acids is 2. The average molecular weight is 434 g/mol. The fourth-order valence-electron chi connectivity index (χ4n) is 4.77. The second-order valence-corrected chi connectivity index (χ2v) is 10.6. The van der Waals surface area contributed by atoms with Gasteiger partial charge in [-0.25, -0.2) is 8.42 Å². The van der Waals surface area contributed by atoms with Crippen molar-refractivity contribution in [2.24, 2.45) is 5.92 Å². The van der Waals surface area contributed by atoms with E-state index in [2.05, 4.69) is 5.32 Å². The molecule has 1 N–H and O–H groups in total. The molecule has 0 bridgehead atoms. The van der Waals surface area contributed by atoms with E-state index < -0.39 is 10.0 Å². The number of likely N-dealkylation sites (tertiary alicyclic amines) is 1. The van der Waals surface area contributed by atoms with E-state index in [1.165, 1.54) is 4.31 Å². The van der Waals surface area contributed by atoms with Crippen molar-refractivity contribution in [2.75, 3.05) is 31.5 Å².